The van der Waals surface area contributed by atoms with Gasteiger partial charge in [-0.05, 0) is 12.7 Å². The minimum atomic E-state index is -0.227. The first-order valence-corrected chi connectivity index (χ1v) is 2.35. The van der Waals surface area contributed by atoms with Gasteiger partial charge in [0.1, 0.15) is 0 Å². The summed E-state index contributed by atoms with van der Waals surface area (Å²) in [5.41, 5.74) is 0. The third kappa shape index (κ3) is 6.11. The van der Waals surface area contributed by atoms with Crippen molar-refractivity contribution in [3.8, 4) is 0 Å². The van der Waals surface area contributed by atoms with E-state index in [4.69, 9.17) is 0 Å². The molecular weight excluding hydrogens is 209 g/mol. The SMILES string of the molecule is COC([C-]=O)=CC(C)=O.[Y]. The molecule has 0 amide bonds. The van der Waals surface area contributed by atoms with Crippen LogP contribution in [0.25, 0.3) is 0 Å². The summed E-state index contributed by atoms with van der Waals surface area (Å²) in [5, 5.41) is 0. The molecule has 0 aliphatic rings. The van der Waals surface area contributed by atoms with E-state index in [-0.39, 0.29) is 44.3 Å². The Kier molecular flexibility index (Phi) is 8.97. The zero-order valence-electron chi connectivity index (χ0n) is 5.88. The van der Waals surface area contributed by atoms with Crippen LogP contribution in [0.4, 0.5) is 0 Å². The number of methoxy groups -OCH3 is 1. The fraction of sp³-hybridized carbons (Fsp3) is 0.333. The van der Waals surface area contributed by atoms with Crippen LogP contribution in [0.3, 0.4) is 0 Å². The van der Waals surface area contributed by atoms with Crippen molar-refractivity contribution < 1.29 is 47.0 Å². The molecule has 0 aliphatic heterocycles. The molecule has 0 rings (SSSR count). The molecule has 0 aromatic heterocycles. The summed E-state index contributed by atoms with van der Waals surface area (Å²) in [6, 6.07) is 0. The first-order valence-electron chi connectivity index (χ1n) is 2.35. The van der Waals surface area contributed by atoms with Gasteiger partial charge in [-0.15, -0.1) is 6.08 Å². The Hall–Kier alpha value is -0.0161. The molecule has 0 unspecified atom stereocenters. The number of allylic oxidation sites excluding steroid dienone is 2. The predicted octanol–water partition coefficient (Wildman–Crippen LogP) is 0.213. The topological polar surface area (TPSA) is 43.4 Å². The Balaban J connectivity index is 0. The van der Waals surface area contributed by atoms with Crippen molar-refractivity contribution in [3.63, 3.8) is 0 Å². The number of ether oxygens (including phenoxy) is 1. The Bertz CT molecular complexity index is 151. The number of hydrogen-bond donors (Lipinski definition) is 0. The minimum Gasteiger partial charge on any atom is -0.531 e. The molecule has 0 atom stereocenters. The second-order valence-corrected chi connectivity index (χ2v) is 1.43. The normalized spacial score (nSPS) is 9.60. The average molecular weight is 216 g/mol. The van der Waals surface area contributed by atoms with Crippen molar-refractivity contribution >= 4 is 12.1 Å². The smallest absolute Gasteiger partial charge is 0.0766 e. The van der Waals surface area contributed by atoms with E-state index in [9.17, 15) is 9.59 Å². The number of ketones is 1. The standard InChI is InChI=1S/C6H7O3.Y/c1-5(8)3-6(4-7)9-2;/h3H,1-2H3;/q-1;. The maximum absolute atomic E-state index is 10.2. The molecule has 0 heterocycles. The predicted molar refractivity (Wildman–Crippen MR) is 31.5 cm³/mol. The van der Waals surface area contributed by atoms with Crippen molar-refractivity contribution in [3.05, 3.63) is 11.8 Å². The van der Waals surface area contributed by atoms with Crippen LogP contribution in [0.1, 0.15) is 6.92 Å². The molecule has 1 radical (unpaired) electrons. The summed E-state index contributed by atoms with van der Waals surface area (Å²) in [6.45, 7) is 1.33. The molecule has 3 nitrogen and oxygen atoms in total. The van der Waals surface area contributed by atoms with Gasteiger partial charge in [0.15, 0.2) is 0 Å². The van der Waals surface area contributed by atoms with Gasteiger partial charge >= 0.3 is 0 Å². The quantitative estimate of drug-likeness (QED) is 0.385. The molecule has 0 aromatic carbocycles. The van der Waals surface area contributed by atoms with Crippen LogP contribution in [-0.2, 0) is 47.0 Å². The Morgan fingerprint density at radius 3 is 2.20 bits per heavy atom. The van der Waals surface area contributed by atoms with E-state index in [0.29, 0.717) is 0 Å². The van der Waals surface area contributed by atoms with E-state index < -0.39 is 0 Å². The van der Waals surface area contributed by atoms with E-state index in [0.717, 1.165) is 6.08 Å². The summed E-state index contributed by atoms with van der Waals surface area (Å²) in [4.78, 5) is 20.0. The third-order valence-electron chi connectivity index (χ3n) is 0.655. The van der Waals surface area contributed by atoms with Gasteiger partial charge in [0.2, 0.25) is 0 Å². The molecule has 10 heavy (non-hydrogen) atoms. The van der Waals surface area contributed by atoms with Crippen LogP contribution in [0.2, 0.25) is 0 Å². The van der Waals surface area contributed by atoms with Gasteiger partial charge < -0.3 is 14.3 Å². The molecule has 0 bridgehead atoms. The maximum Gasteiger partial charge on any atom is 0.0766 e. The van der Waals surface area contributed by atoms with E-state index in [2.05, 4.69) is 4.74 Å². The number of rotatable bonds is 3. The van der Waals surface area contributed by atoms with Gasteiger partial charge in [-0.1, -0.05) is 0 Å². The van der Waals surface area contributed by atoms with Crippen molar-refractivity contribution in [1.82, 2.24) is 0 Å². The molecule has 0 saturated carbocycles. The van der Waals surface area contributed by atoms with E-state index in [1.54, 1.807) is 0 Å². The summed E-state index contributed by atoms with van der Waals surface area (Å²) in [7, 11) is 1.31. The number of hydrogen-bond acceptors (Lipinski definition) is 3. The fourth-order valence-electron chi connectivity index (χ4n) is 0.315. The van der Waals surface area contributed by atoms with Gasteiger partial charge in [-0.25, -0.2) is 0 Å². The number of carbonyl (C=O) groups excluding carboxylic acids is 2. The molecule has 0 aliphatic carbocycles. The molecule has 0 saturated heterocycles. The van der Waals surface area contributed by atoms with E-state index in [1.807, 2.05) is 0 Å². The monoisotopic (exact) mass is 216 g/mol. The Morgan fingerprint density at radius 2 is 2.10 bits per heavy atom. The Morgan fingerprint density at radius 1 is 1.60 bits per heavy atom. The van der Waals surface area contributed by atoms with Gasteiger partial charge in [0, 0.05) is 39.0 Å². The van der Waals surface area contributed by atoms with Crippen LogP contribution in [0.15, 0.2) is 11.8 Å². The molecular formula is C6H7O3Y-. The van der Waals surface area contributed by atoms with Crippen molar-refractivity contribution in [1.29, 1.82) is 0 Å². The zero-order valence-corrected chi connectivity index (χ0v) is 8.72. The van der Waals surface area contributed by atoms with Gasteiger partial charge in [0.05, 0.1) is 12.9 Å². The minimum absolute atomic E-state index is 0. The summed E-state index contributed by atoms with van der Waals surface area (Å²) in [5.74, 6) is -0.294. The molecule has 0 fully saturated rings. The van der Waals surface area contributed by atoms with Crippen molar-refractivity contribution in [2.75, 3.05) is 7.11 Å². The second kappa shape index (κ2) is 7.10. The van der Waals surface area contributed by atoms with E-state index in [1.165, 1.54) is 20.3 Å². The Labute approximate surface area is 84.7 Å². The van der Waals surface area contributed by atoms with Gasteiger partial charge in [0.25, 0.3) is 0 Å². The van der Waals surface area contributed by atoms with E-state index >= 15 is 0 Å². The van der Waals surface area contributed by atoms with Crippen LogP contribution < -0.4 is 0 Å². The zero-order chi connectivity index (χ0) is 7.28. The fourth-order valence-corrected chi connectivity index (χ4v) is 0.315. The van der Waals surface area contributed by atoms with Crippen molar-refractivity contribution in [2.45, 2.75) is 6.92 Å². The molecule has 0 aromatic rings. The molecule has 0 N–H and O–H groups in total. The van der Waals surface area contributed by atoms with Crippen molar-refractivity contribution in [2.24, 2.45) is 0 Å². The summed E-state index contributed by atoms with van der Waals surface area (Å²) in [6.07, 6.45) is 2.53. The third-order valence-corrected chi connectivity index (χ3v) is 0.655. The van der Waals surface area contributed by atoms with Crippen LogP contribution in [0.5, 0.6) is 0 Å². The van der Waals surface area contributed by atoms with Crippen LogP contribution in [0, 0.1) is 0 Å². The van der Waals surface area contributed by atoms with Crippen LogP contribution >= 0.6 is 0 Å². The maximum atomic E-state index is 10.2. The number of carbonyl (C=O) groups is 1. The van der Waals surface area contributed by atoms with Gasteiger partial charge in [-0.3, -0.25) is 0 Å². The average Bonchev–Trinajstić information content (AvgIpc) is 1.82. The van der Waals surface area contributed by atoms with Crippen LogP contribution in [-0.4, -0.2) is 19.2 Å². The first-order chi connectivity index (χ1) is 4.20. The molecule has 4 heteroatoms. The summed E-state index contributed by atoms with van der Waals surface area (Å²) >= 11 is 0. The largest absolute Gasteiger partial charge is 0.531 e. The molecule has 53 valence electrons. The molecule has 0 spiro atoms. The summed E-state index contributed by atoms with van der Waals surface area (Å²) < 4.78 is 4.43. The second-order valence-electron chi connectivity index (χ2n) is 1.43. The first kappa shape index (κ1) is 12.6. The van der Waals surface area contributed by atoms with Gasteiger partial charge in [-0.2, -0.15) is 0 Å².